The largest absolute Gasteiger partial charge is 0.463 e. The van der Waals surface area contributed by atoms with Crippen LogP contribution in [0.1, 0.15) is 54.3 Å². The first-order chi connectivity index (χ1) is 15.5. The van der Waals surface area contributed by atoms with Crippen LogP contribution >= 0.6 is 0 Å². The van der Waals surface area contributed by atoms with E-state index in [1.54, 1.807) is 36.7 Å². The van der Waals surface area contributed by atoms with E-state index in [0.717, 1.165) is 40.9 Å². The lowest BCUT2D eigenvalue weighted by Crippen LogP contribution is -2.47. The minimum atomic E-state index is -0.273. The monoisotopic (exact) mass is 432 g/mol. The van der Waals surface area contributed by atoms with Crippen LogP contribution in [0.25, 0.3) is 22.4 Å². The summed E-state index contributed by atoms with van der Waals surface area (Å²) in [7, 11) is 1.88. The van der Waals surface area contributed by atoms with Gasteiger partial charge in [-0.3, -0.25) is 14.5 Å². The topological polar surface area (TPSA) is 64.2 Å². The molecule has 0 aliphatic carbocycles. The molecule has 164 valence electrons. The maximum Gasteiger partial charge on any atom is 0.256 e. The Bertz CT molecular complexity index is 1310. The number of hydrogen-bond acceptors (Lipinski definition) is 4. The van der Waals surface area contributed by atoms with Gasteiger partial charge < -0.3 is 9.32 Å². The van der Waals surface area contributed by atoms with E-state index in [1.165, 1.54) is 6.07 Å². The van der Waals surface area contributed by atoms with E-state index in [0.29, 0.717) is 17.6 Å². The predicted molar refractivity (Wildman–Crippen MR) is 120 cm³/mol. The van der Waals surface area contributed by atoms with Crippen LogP contribution in [0.3, 0.4) is 0 Å². The smallest absolute Gasteiger partial charge is 0.256 e. The van der Waals surface area contributed by atoms with Crippen molar-refractivity contribution in [3.05, 3.63) is 71.5 Å². The third kappa shape index (κ3) is 3.20. The summed E-state index contributed by atoms with van der Waals surface area (Å²) in [6.07, 6.45) is 5.39. The van der Waals surface area contributed by atoms with Crippen LogP contribution in [0, 0.1) is 5.82 Å². The van der Waals surface area contributed by atoms with Gasteiger partial charge in [0.1, 0.15) is 11.3 Å². The van der Waals surface area contributed by atoms with Crippen LogP contribution in [0.2, 0.25) is 0 Å². The Kier molecular flexibility index (Phi) is 5.04. The number of fused-ring (bicyclic) bond motifs is 2. The van der Waals surface area contributed by atoms with Gasteiger partial charge in [0.2, 0.25) is 0 Å². The maximum absolute atomic E-state index is 14.0. The van der Waals surface area contributed by atoms with Crippen molar-refractivity contribution in [3.8, 4) is 11.3 Å². The highest BCUT2D eigenvalue weighted by Crippen LogP contribution is 2.41. The van der Waals surface area contributed by atoms with E-state index in [4.69, 9.17) is 9.52 Å². The van der Waals surface area contributed by atoms with E-state index < -0.39 is 0 Å². The molecule has 6 nitrogen and oxygen atoms in total. The summed E-state index contributed by atoms with van der Waals surface area (Å²) in [5.74, 6) is -0.344. The molecule has 2 atom stereocenters. The number of rotatable bonds is 4. The fourth-order valence-corrected chi connectivity index (χ4v) is 4.93. The Balaban J connectivity index is 1.60. The molecule has 1 aromatic carbocycles. The number of carbonyl (C=O) groups excluding carboxylic acids is 1. The molecule has 3 aromatic heterocycles. The predicted octanol–water partition coefficient (Wildman–Crippen LogP) is 5.30. The molecule has 32 heavy (non-hydrogen) atoms. The van der Waals surface area contributed by atoms with Crippen LogP contribution in [0.5, 0.6) is 0 Å². The highest BCUT2D eigenvalue weighted by molar-refractivity contribution is 5.97. The lowest BCUT2D eigenvalue weighted by atomic mass is 9.87. The van der Waals surface area contributed by atoms with Gasteiger partial charge in [0.05, 0.1) is 29.3 Å². The average Bonchev–Trinajstić information content (AvgIpc) is 3.39. The molecular weight excluding hydrogens is 407 g/mol. The van der Waals surface area contributed by atoms with Crippen LogP contribution in [0.15, 0.2) is 53.3 Å². The summed E-state index contributed by atoms with van der Waals surface area (Å²) in [6.45, 7) is 4.16. The van der Waals surface area contributed by atoms with Gasteiger partial charge in [-0.2, -0.15) is 5.10 Å². The molecule has 4 heterocycles. The Morgan fingerprint density at radius 1 is 1.22 bits per heavy atom. The molecule has 0 bridgehead atoms. The van der Waals surface area contributed by atoms with Crippen LogP contribution in [-0.2, 0) is 13.5 Å². The van der Waals surface area contributed by atoms with Gasteiger partial charge in [0, 0.05) is 36.5 Å². The number of pyridine rings is 1. The van der Waals surface area contributed by atoms with Gasteiger partial charge in [0.15, 0.2) is 5.58 Å². The fraction of sp³-hybridized carbons (Fsp3) is 0.320. The molecule has 1 amide bonds. The van der Waals surface area contributed by atoms with Crippen molar-refractivity contribution < 1.29 is 13.6 Å². The van der Waals surface area contributed by atoms with Crippen molar-refractivity contribution in [1.82, 2.24) is 19.7 Å². The van der Waals surface area contributed by atoms with Crippen LogP contribution in [-0.4, -0.2) is 31.6 Å². The quantitative estimate of drug-likeness (QED) is 0.439. The summed E-state index contributed by atoms with van der Waals surface area (Å²) in [4.78, 5) is 20.0. The number of hydrogen-bond donors (Lipinski definition) is 0. The van der Waals surface area contributed by atoms with E-state index >= 15 is 0 Å². The van der Waals surface area contributed by atoms with E-state index in [9.17, 15) is 9.18 Å². The van der Waals surface area contributed by atoms with Gasteiger partial charge in [-0.25, -0.2) is 4.39 Å². The summed E-state index contributed by atoms with van der Waals surface area (Å²) in [5.41, 5.74) is 5.54. The zero-order valence-electron chi connectivity index (χ0n) is 18.4. The third-order valence-corrected chi connectivity index (χ3v) is 6.40. The maximum atomic E-state index is 14.0. The lowest BCUT2D eigenvalue weighted by molar-refractivity contribution is 0.0512. The number of furan rings is 1. The number of nitrogens with zero attached hydrogens (tertiary/aromatic N) is 4. The Labute approximate surface area is 185 Å². The average molecular weight is 432 g/mol. The first-order valence-corrected chi connectivity index (χ1v) is 11.0. The first kappa shape index (κ1) is 20.4. The Morgan fingerprint density at radius 3 is 2.81 bits per heavy atom. The van der Waals surface area contributed by atoms with E-state index in [1.807, 2.05) is 22.7 Å². The molecule has 0 spiro atoms. The molecular formula is C25H25FN4O2. The molecule has 1 unspecified atom stereocenters. The zero-order chi connectivity index (χ0) is 22.4. The lowest BCUT2D eigenvalue weighted by Gasteiger charge is -2.41. The van der Waals surface area contributed by atoms with Gasteiger partial charge in [-0.05, 0) is 37.5 Å². The number of halogens is 1. The standard InChI is InChI=1S/C25H25FN4O2/c1-4-18-13-19-23(28-29(3)24(19)15-7-6-8-17(26)11-15)21(5-2)30(18)25(31)16-12-22-20(27-14-16)9-10-32-22/h6-12,14,18,21H,4-5,13H2,1-3H3/t18-,21?/m1/s1. The van der Waals surface area contributed by atoms with Crippen LogP contribution in [0.4, 0.5) is 4.39 Å². The highest BCUT2D eigenvalue weighted by atomic mass is 19.1. The second-order valence-electron chi connectivity index (χ2n) is 8.28. The van der Waals surface area contributed by atoms with E-state index in [2.05, 4.69) is 18.8 Å². The zero-order valence-corrected chi connectivity index (χ0v) is 18.4. The molecule has 5 rings (SSSR count). The molecule has 0 fully saturated rings. The number of aryl methyl sites for hydroxylation is 1. The fourth-order valence-electron chi connectivity index (χ4n) is 4.93. The van der Waals surface area contributed by atoms with Gasteiger partial charge in [-0.1, -0.05) is 26.0 Å². The van der Waals surface area contributed by atoms with Crippen molar-refractivity contribution in [2.45, 2.75) is 45.2 Å². The van der Waals surface area contributed by atoms with Crippen molar-refractivity contribution >= 4 is 17.0 Å². The van der Waals surface area contributed by atoms with E-state index in [-0.39, 0.29) is 23.8 Å². The number of carbonyl (C=O) groups is 1. The SMILES string of the molecule is CCC1c2nn(C)c(-c3cccc(F)c3)c2C[C@@H](CC)N1C(=O)c1cnc2ccoc2c1. The van der Waals surface area contributed by atoms with Gasteiger partial charge >= 0.3 is 0 Å². The minimum Gasteiger partial charge on any atom is -0.463 e. The minimum absolute atomic E-state index is 0.00348. The van der Waals surface area contributed by atoms with Crippen molar-refractivity contribution in [2.24, 2.45) is 7.05 Å². The molecule has 1 aliphatic heterocycles. The molecule has 0 N–H and O–H groups in total. The summed E-state index contributed by atoms with van der Waals surface area (Å²) in [5, 5.41) is 4.81. The highest BCUT2D eigenvalue weighted by Gasteiger charge is 2.40. The summed E-state index contributed by atoms with van der Waals surface area (Å²) < 4.78 is 21.2. The van der Waals surface area contributed by atoms with Crippen molar-refractivity contribution in [2.75, 3.05) is 0 Å². The molecule has 1 aliphatic rings. The molecule has 0 radical (unpaired) electrons. The second-order valence-corrected chi connectivity index (χ2v) is 8.28. The number of benzene rings is 1. The van der Waals surface area contributed by atoms with Crippen LogP contribution < -0.4 is 0 Å². The third-order valence-electron chi connectivity index (χ3n) is 6.40. The second kappa shape index (κ2) is 7.89. The van der Waals surface area contributed by atoms with Crippen molar-refractivity contribution in [1.29, 1.82) is 0 Å². The summed E-state index contributed by atoms with van der Waals surface area (Å²) in [6, 6.07) is 9.99. The summed E-state index contributed by atoms with van der Waals surface area (Å²) >= 11 is 0. The Hall–Kier alpha value is -3.48. The normalized spacial score (nSPS) is 18.2. The molecule has 4 aromatic rings. The first-order valence-electron chi connectivity index (χ1n) is 11.0. The van der Waals surface area contributed by atoms with Crippen molar-refractivity contribution in [3.63, 3.8) is 0 Å². The number of aromatic nitrogens is 3. The molecule has 0 saturated carbocycles. The van der Waals surface area contributed by atoms with Gasteiger partial charge in [-0.15, -0.1) is 0 Å². The molecule has 7 heteroatoms. The molecule has 0 saturated heterocycles. The van der Waals surface area contributed by atoms with Gasteiger partial charge in [0.25, 0.3) is 5.91 Å². The number of amides is 1. The Morgan fingerprint density at radius 2 is 2.06 bits per heavy atom.